The zero-order valence-electron chi connectivity index (χ0n) is 9.35. The molecule has 0 spiro atoms. The molecule has 0 amide bonds. The topological polar surface area (TPSA) is 63.3 Å². The molecule has 0 aromatic heterocycles. The van der Waals surface area contributed by atoms with E-state index < -0.39 is 5.97 Å². The molecule has 3 N–H and O–H groups in total. The van der Waals surface area contributed by atoms with Crippen LogP contribution < -0.4 is 5.73 Å². The molecule has 1 rings (SSSR count). The minimum Gasteiger partial charge on any atom is -0.481 e. The lowest BCUT2D eigenvalue weighted by atomic mass is 10.0. The van der Waals surface area contributed by atoms with Gasteiger partial charge in [0, 0.05) is 17.4 Å². The van der Waals surface area contributed by atoms with Crippen molar-refractivity contribution in [2.45, 2.75) is 30.2 Å². The number of hydrogen-bond donors (Lipinski definition) is 2. The van der Waals surface area contributed by atoms with E-state index in [1.54, 1.807) is 11.8 Å². The van der Waals surface area contributed by atoms with E-state index >= 15 is 0 Å². The van der Waals surface area contributed by atoms with Crippen LogP contribution in [0.2, 0.25) is 0 Å². The van der Waals surface area contributed by atoms with Gasteiger partial charge in [-0.05, 0) is 36.8 Å². The Morgan fingerprint density at radius 1 is 1.44 bits per heavy atom. The van der Waals surface area contributed by atoms with Gasteiger partial charge in [-0.15, -0.1) is 11.8 Å². The van der Waals surface area contributed by atoms with Gasteiger partial charge in [0.25, 0.3) is 0 Å². The highest BCUT2D eigenvalue weighted by Crippen LogP contribution is 2.20. The molecule has 0 aliphatic rings. The van der Waals surface area contributed by atoms with Crippen LogP contribution in [0.15, 0.2) is 29.2 Å². The molecule has 0 fully saturated rings. The number of carboxylic acid groups (broad SMARTS) is 1. The predicted molar refractivity (Wildman–Crippen MR) is 66.6 cm³/mol. The maximum absolute atomic E-state index is 10.4. The first-order valence-corrected chi connectivity index (χ1v) is 6.47. The van der Waals surface area contributed by atoms with E-state index in [1.165, 1.54) is 4.90 Å². The largest absolute Gasteiger partial charge is 0.481 e. The summed E-state index contributed by atoms with van der Waals surface area (Å²) in [6, 6.07) is 8.04. The van der Waals surface area contributed by atoms with Crippen molar-refractivity contribution in [3.8, 4) is 0 Å². The number of rotatable bonds is 6. The van der Waals surface area contributed by atoms with E-state index in [9.17, 15) is 4.79 Å². The number of thioether (sulfide) groups is 1. The SMILES string of the molecule is CSc1ccc(C(N)CCCC(=O)O)cc1. The fraction of sp³-hybridized carbons (Fsp3) is 0.417. The van der Waals surface area contributed by atoms with E-state index in [4.69, 9.17) is 10.8 Å². The quantitative estimate of drug-likeness (QED) is 0.749. The van der Waals surface area contributed by atoms with Gasteiger partial charge in [0.15, 0.2) is 0 Å². The summed E-state index contributed by atoms with van der Waals surface area (Å²) in [7, 11) is 0. The maximum Gasteiger partial charge on any atom is 0.303 e. The number of benzene rings is 1. The van der Waals surface area contributed by atoms with Gasteiger partial charge in [-0.2, -0.15) is 0 Å². The zero-order valence-corrected chi connectivity index (χ0v) is 10.2. The molecule has 0 bridgehead atoms. The van der Waals surface area contributed by atoms with E-state index in [-0.39, 0.29) is 12.5 Å². The Balaban J connectivity index is 2.45. The molecule has 0 heterocycles. The molecule has 0 radical (unpaired) electrons. The predicted octanol–water partition coefficient (Wildman–Crippen LogP) is 2.66. The molecular formula is C12H17NO2S. The normalized spacial score (nSPS) is 12.4. The number of hydrogen-bond acceptors (Lipinski definition) is 3. The molecule has 0 saturated heterocycles. The summed E-state index contributed by atoms with van der Waals surface area (Å²) in [6.07, 6.45) is 3.56. The lowest BCUT2D eigenvalue weighted by molar-refractivity contribution is -0.137. The van der Waals surface area contributed by atoms with Crippen LogP contribution in [0.1, 0.15) is 30.9 Å². The summed E-state index contributed by atoms with van der Waals surface area (Å²) in [5.41, 5.74) is 7.05. The number of aliphatic carboxylic acids is 1. The van der Waals surface area contributed by atoms with Gasteiger partial charge < -0.3 is 10.8 Å². The summed E-state index contributed by atoms with van der Waals surface area (Å²) in [4.78, 5) is 11.6. The van der Waals surface area contributed by atoms with Gasteiger partial charge in [-0.1, -0.05) is 12.1 Å². The molecule has 0 saturated carbocycles. The van der Waals surface area contributed by atoms with Crippen LogP contribution in [0, 0.1) is 0 Å². The van der Waals surface area contributed by atoms with Crippen molar-refractivity contribution in [3.05, 3.63) is 29.8 Å². The Kier molecular flexibility index (Phi) is 5.35. The third-order valence-electron chi connectivity index (χ3n) is 2.45. The fourth-order valence-electron chi connectivity index (χ4n) is 1.49. The minimum absolute atomic E-state index is 0.0599. The van der Waals surface area contributed by atoms with Gasteiger partial charge in [-0.3, -0.25) is 4.79 Å². The Hall–Kier alpha value is -1.00. The van der Waals surface area contributed by atoms with Crippen molar-refractivity contribution in [1.29, 1.82) is 0 Å². The van der Waals surface area contributed by atoms with Crippen LogP contribution in [0.4, 0.5) is 0 Å². The molecule has 0 aliphatic heterocycles. The van der Waals surface area contributed by atoms with Crippen LogP contribution in [0.3, 0.4) is 0 Å². The number of carbonyl (C=O) groups is 1. The second kappa shape index (κ2) is 6.55. The van der Waals surface area contributed by atoms with Crippen molar-refractivity contribution < 1.29 is 9.90 Å². The molecule has 1 aromatic rings. The van der Waals surface area contributed by atoms with Crippen molar-refractivity contribution in [2.75, 3.05) is 6.26 Å². The monoisotopic (exact) mass is 239 g/mol. The highest BCUT2D eigenvalue weighted by atomic mass is 32.2. The minimum atomic E-state index is -0.759. The van der Waals surface area contributed by atoms with Crippen LogP contribution >= 0.6 is 11.8 Å². The smallest absolute Gasteiger partial charge is 0.303 e. The van der Waals surface area contributed by atoms with E-state index in [0.717, 1.165) is 5.56 Å². The molecule has 4 heteroatoms. The summed E-state index contributed by atoms with van der Waals surface area (Å²) in [6.45, 7) is 0. The van der Waals surface area contributed by atoms with Crippen molar-refractivity contribution in [3.63, 3.8) is 0 Å². The zero-order chi connectivity index (χ0) is 12.0. The molecule has 1 atom stereocenters. The van der Waals surface area contributed by atoms with Crippen LogP contribution in [0.5, 0.6) is 0 Å². The maximum atomic E-state index is 10.4. The van der Waals surface area contributed by atoms with E-state index in [1.807, 2.05) is 30.5 Å². The summed E-state index contributed by atoms with van der Waals surface area (Å²) >= 11 is 1.69. The average Bonchev–Trinajstić information content (AvgIpc) is 2.28. The van der Waals surface area contributed by atoms with Gasteiger partial charge in [-0.25, -0.2) is 0 Å². The first kappa shape index (κ1) is 13.1. The van der Waals surface area contributed by atoms with Gasteiger partial charge >= 0.3 is 5.97 Å². The number of carboxylic acids is 1. The molecule has 88 valence electrons. The fourth-order valence-corrected chi connectivity index (χ4v) is 1.90. The number of nitrogens with two attached hydrogens (primary N) is 1. The Bertz CT molecular complexity index is 337. The molecule has 16 heavy (non-hydrogen) atoms. The van der Waals surface area contributed by atoms with E-state index in [0.29, 0.717) is 12.8 Å². The molecular weight excluding hydrogens is 222 g/mol. The Labute approximate surface area is 100 Å². The van der Waals surface area contributed by atoms with Crippen molar-refractivity contribution in [1.82, 2.24) is 0 Å². The summed E-state index contributed by atoms with van der Waals surface area (Å²) < 4.78 is 0. The van der Waals surface area contributed by atoms with Crippen LogP contribution in [-0.2, 0) is 4.79 Å². The molecule has 1 aromatic carbocycles. The standard InChI is InChI=1S/C12H17NO2S/c1-16-10-7-5-9(6-8-10)11(13)3-2-4-12(14)15/h5-8,11H,2-4,13H2,1H3,(H,14,15). The van der Waals surface area contributed by atoms with Gasteiger partial charge in [0.1, 0.15) is 0 Å². The molecule has 1 unspecified atom stereocenters. The Morgan fingerprint density at radius 3 is 2.56 bits per heavy atom. The third-order valence-corrected chi connectivity index (χ3v) is 3.19. The first-order valence-electron chi connectivity index (χ1n) is 5.25. The van der Waals surface area contributed by atoms with Crippen molar-refractivity contribution >= 4 is 17.7 Å². The highest BCUT2D eigenvalue weighted by Gasteiger charge is 2.06. The second-order valence-electron chi connectivity index (χ2n) is 3.67. The lowest BCUT2D eigenvalue weighted by Crippen LogP contribution is -2.10. The summed E-state index contributed by atoms with van der Waals surface area (Å²) in [5.74, 6) is -0.759. The van der Waals surface area contributed by atoms with Gasteiger partial charge in [0.05, 0.1) is 0 Å². The lowest BCUT2D eigenvalue weighted by Gasteiger charge is -2.11. The average molecular weight is 239 g/mol. The Morgan fingerprint density at radius 2 is 2.06 bits per heavy atom. The van der Waals surface area contributed by atoms with Crippen molar-refractivity contribution in [2.24, 2.45) is 5.73 Å². The second-order valence-corrected chi connectivity index (χ2v) is 4.55. The molecule has 3 nitrogen and oxygen atoms in total. The summed E-state index contributed by atoms with van der Waals surface area (Å²) in [5, 5.41) is 8.52. The van der Waals surface area contributed by atoms with Crippen LogP contribution in [-0.4, -0.2) is 17.3 Å². The van der Waals surface area contributed by atoms with Crippen LogP contribution in [0.25, 0.3) is 0 Å². The first-order chi connectivity index (χ1) is 7.63. The third kappa shape index (κ3) is 4.24. The van der Waals surface area contributed by atoms with E-state index in [2.05, 4.69) is 0 Å². The highest BCUT2D eigenvalue weighted by molar-refractivity contribution is 7.98. The van der Waals surface area contributed by atoms with Gasteiger partial charge in [0.2, 0.25) is 0 Å². The molecule has 0 aliphatic carbocycles.